The van der Waals surface area contributed by atoms with Gasteiger partial charge >= 0.3 is 0 Å². The third kappa shape index (κ3) is 2.65. The van der Waals surface area contributed by atoms with Crippen molar-refractivity contribution >= 4 is 6.08 Å². The first kappa shape index (κ1) is 11.7. The van der Waals surface area contributed by atoms with Gasteiger partial charge in [-0.3, -0.25) is 0 Å². The largest absolute Gasteiger partial charge is 0.0871 e. The van der Waals surface area contributed by atoms with Crippen molar-refractivity contribution in [1.29, 1.82) is 0 Å². The molecule has 86 valence electrons. The van der Waals surface area contributed by atoms with Crippen LogP contribution in [0.25, 0.3) is 17.2 Å². The van der Waals surface area contributed by atoms with Crippen LogP contribution in [-0.4, -0.2) is 0 Å². The van der Waals surface area contributed by atoms with Crippen LogP contribution in [0.15, 0.2) is 48.5 Å². The molecule has 17 heavy (non-hydrogen) atoms. The Hall–Kier alpha value is -1.82. The number of rotatable bonds is 2. The molecule has 0 bridgehead atoms. The molecule has 0 N–H and O–H groups in total. The lowest BCUT2D eigenvalue weighted by Crippen LogP contribution is -1.84. The smallest absolute Gasteiger partial charge is 0.0181 e. The molecule has 0 unspecified atom stereocenters. The maximum absolute atomic E-state index is 2.25. The van der Waals surface area contributed by atoms with E-state index in [4.69, 9.17) is 0 Å². The van der Waals surface area contributed by atoms with Gasteiger partial charge in [-0.25, -0.2) is 0 Å². The standard InChI is InChI=1S/C17H18/c1-4-6-15-9-10-17(12-14(15)3)16-8-5-7-13(2)11-16/h4-12H,1-3H3/b6-4-. The predicted molar refractivity (Wildman–Crippen MR) is 76.1 cm³/mol. The van der Waals surface area contributed by atoms with E-state index in [0.29, 0.717) is 0 Å². The van der Waals surface area contributed by atoms with E-state index in [1.165, 1.54) is 27.8 Å². The number of hydrogen-bond donors (Lipinski definition) is 0. The zero-order chi connectivity index (χ0) is 12.3. The fourth-order valence-electron chi connectivity index (χ4n) is 2.05. The van der Waals surface area contributed by atoms with Crippen molar-refractivity contribution in [2.24, 2.45) is 0 Å². The lowest BCUT2D eigenvalue weighted by molar-refractivity contribution is 1.42. The molecule has 0 aliphatic rings. The van der Waals surface area contributed by atoms with E-state index in [0.717, 1.165) is 0 Å². The zero-order valence-electron chi connectivity index (χ0n) is 10.7. The summed E-state index contributed by atoms with van der Waals surface area (Å²) in [5.41, 5.74) is 6.50. The van der Waals surface area contributed by atoms with E-state index in [-0.39, 0.29) is 0 Å². The Kier molecular flexibility index (Phi) is 3.43. The molecule has 0 atom stereocenters. The maximum Gasteiger partial charge on any atom is -0.0181 e. The molecule has 2 rings (SSSR count). The lowest BCUT2D eigenvalue weighted by Gasteiger charge is -2.06. The van der Waals surface area contributed by atoms with E-state index in [1.807, 2.05) is 6.92 Å². The summed E-state index contributed by atoms with van der Waals surface area (Å²) in [6, 6.07) is 15.3. The molecule has 0 radical (unpaired) electrons. The summed E-state index contributed by atoms with van der Waals surface area (Å²) < 4.78 is 0. The van der Waals surface area contributed by atoms with Gasteiger partial charge in [0.05, 0.1) is 0 Å². The molecule has 2 aromatic carbocycles. The van der Waals surface area contributed by atoms with Crippen LogP contribution in [0.2, 0.25) is 0 Å². The molecule has 0 spiro atoms. The van der Waals surface area contributed by atoms with Crippen LogP contribution in [-0.2, 0) is 0 Å². The molecule has 0 saturated carbocycles. The van der Waals surface area contributed by atoms with Gasteiger partial charge in [0.1, 0.15) is 0 Å². The molecule has 0 amide bonds. The van der Waals surface area contributed by atoms with Gasteiger partial charge in [-0.05, 0) is 43.0 Å². The second kappa shape index (κ2) is 5.01. The van der Waals surface area contributed by atoms with Gasteiger partial charge in [-0.15, -0.1) is 0 Å². The molecule has 0 fully saturated rings. The van der Waals surface area contributed by atoms with Crippen molar-refractivity contribution in [2.45, 2.75) is 20.8 Å². The van der Waals surface area contributed by atoms with Gasteiger partial charge in [-0.2, -0.15) is 0 Å². The van der Waals surface area contributed by atoms with Crippen molar-refractivity contribution in [3.8, 4) is 11.1 Å². The van der Waals surface area contributed by atoms with Crippen molar-refractivity contribution in [3.05, 3.63) is 65.2 Å². The Bertz CT molecular complexity index is 548. The van der Waals surface area contributed by atoms with Crippen molar-refractivity contribution in [3.63, 3.8) is 0 Å². The lowest BCUT2D eigenvalue weighted by atomic mass is 9.98. The topological polar surface area (TPSA) is 0 Å². The Morgan fingerprint density at radius 3 is 2.29 bits per heavy atom. The highest BCUT2D eigenvalue weighted by Crippen LogP contribution is 2.23. The third-order valence-corrected chi connectivity index (χ3v) is 2.97. The quantitative estimate of drug-likeness (QED) is 0.670. The van der Waals surface area contributed by atoms with Crippen LogP contribution in [0.3, 0.4) is 0 Å². The van der Waals surface area contributed by atoms with Crippen LogP contribution in [0, 0.1) is 13.8 Å². The van der Waals surface area contributed by atoms with Gasteiger partial charge < -0.3 is 0 Å². The first-order chi connectivity index (χ1) is 8.20. The van der Waals surface area contributed by atoms with Crippen LogP contribution in [0.4, 0.5) is 0 Å². The minimum Gasteiger partial charge on any atom is -0.0871 e. The van der Waals surface area contributed by atoms with E-state index in [1.54, 1.807) is 0 Å². The summed E-state index contributed by atoms with van der Waals surface area (Å²) in [6.07, 6.45) is 4.23. The summed E-state index contributed by atoms with van der Waals surface area (Å²) in [4.78, 5) is 0. The zero-order valence-corrected chi connectivity index (χ0v) is 10.7. The van der Waals surface area contributed by atoms with Crippen LogP contribution in [0.5, 0.6) is 0 Å². The highest BCUT2D eigenvalue weighted by Gasteiger charge is 2.00. The molecular formula is C17H18. The Morgan fingerprint density at radius 2 is 1.65 bits per heavy atom. The summed E-state index contributed by atoms with van der Waals surface area (Å²) in [7, 11) is 0. The van der Waals surface area contributed by atoms with Gasteiger partial charge in [0.15, 0.2) is 0 Å². The number of aryl methyl sites for hydroxylation is 2. The molecule has 0 aliphatic heterocycles. The summed E-state index contributed by atoms with van der Waals surface area (Å²) in [5.74, 6) is 0. The summed E-state index contributed by atoms with van der Waals surface area (Å²) >= 11 is 0. The second-order valence-corrected chi connectivity index (χ2v) is 4.44. The Balaban J connectivity index is 2.44. The Morgan fingerprint density at radius 1 is 0.882 bits per heavy atom. The first-order valence-corrected chi connectivity index (χ1v) is 6.01. The van der Waals surface area contributed by atoms with Gasteiger partial charge in [0.25, 0.3) is 0 Å². The fourth-order valence-corrected chi connectivity index (χ4v) is 2.05. The number of allylic oxidation sites excluding steroid dienone is 1. The molecule has 0 heterocycles. The summed E-state index contributed by atoms with van der Waals surface area (Å²) in [5, 5.41) is 0. The average molecular weight is 222 g/mol. The molecule has 2 aromatic rings. The van der Waals surface area contributed by atoms with Crippen molar-refractivity contribution in [2.75, 3.05) is 0 Å². The van der Waals surface area contributed by atoms with Crippen LogP contribution < -0.4 is 0 Å². The molecule has 0 nitrogen and oxygen atoms in total. The highest BCUT2D eigenvalue weighted by atomic mass is 14.0. The minimum atomic E-state index is 1.29. The highest BCUT2D eigenvalue weighted by molar-refractivity contribution is 5.68. The first-order valence-electron chi connectivity index (χ1n) is 6.01. The minimum absolute atomic E-state index is 1.29. The van der Waals surface area contributed by atoms with Crippen molar-refractivity contribution < 1.29 is 0 Å². The Labute approximate surface area is 104 Å². The molecule has 0 aromatic heterocycles. The van der Waals surface area contributed by atoms with E-state index in [2.05, 4.69) is 68.5 Å². The number of hydrogen-bond acceptors (Lipinski definition) is 0. The van der Waals surface area contributed by atoms with Crippen molar-refractivity contribution in [1.82, 2.24) is 0 Å². The molecule has 0 saturated heterocycles. The summed E-state index contributed by atoms with van der Waals surface area (Å²) in [6.45, 7) is 6.34. The van der Waals surface area contributed by atoms with Crippen LogP contribution in [0.1, 0.15) is 23.6 Å². The SMILES string of the molecule is C/C=C\c1ccc(-c2cccc(C)c2)cc1C. The molecule has 0 aliphatic carbocycles. The van der Waals surface area contributed by atoms with E-state index >= 15 is 0 Å². The van der Waals surface area contributed by atoms with E-state index < -0.39 is 0 Å². The predicted octanol–water partition coefficient (Wildman–Crippen LogP) is 5.00. The maximum atomic E-state index is 2.25. The fraction of sp³-hybridized carbons (Fsp3) is 0.176. The van der Waals surface area contributed by atoms with Gasteiger partial charge in [0.2, 0.25) is 0 Å². The normalized spacial score (nSPS) is 11.0. The molecular weight excluding hydrogens is 204 g/mol. The third-order valence-electron chi connectivity index (χ3n) is 2.97. The second-order valence-electron chi connectivity index (χ2n) is 4.44. The molecule has 0 heteroatoms. The monoisotopic (exact) mass is 222 g/mol. The van der Waals surface area contributed by atoms with Gasteiger partial charge in [0, 0.05) is 0 Å². The average Bonchev–Trinajstić information content (AvgIpc) is 2.32. The van der Waals surface area contributed by atoms with E-state index in [9.17, 15) is 0 Å². The number of benzene rings is 2. The van der Waals surface area contributed by atoms with Gasteiger partial charge in [-0.1, -0.05) is 60.2 Å². The van der Waals surface area contributed by atoms with Crippen LogP contribution >= 0.6 is 0 Å².